The fourth-order valence-corrected chi connectivity index (χ4v) is 15.6. The molecule has 0 spiro atoms. The van der Waals surface area contributed by atoms with Crippen LogP contribution in [0, 0.1) is 0 Å². The van der Waals surface area contributed by atoms with Crippen molar-refractivity contribution in [1.29, 1.82) is 0 Å². The van der Waals surface area contributed by atoms with Gasteiger partial charge < -0.3 is 41.0 Å². The topological polar surface area (TPSA) is 281 Å². The molecule has 492 valence electrons. The van der Waals surface area contributed by atoms with Gasteiger partial charge in [-0.2, -0.15) is 4.89 Å². The molecule has 4 saturated carbocycles. The second kappa shape index (κ2) is 30.6. The summed E-state index contributed by atoms with van der Waals surface area (Å²) in [5.41, 5.74) is 12.9. The van der Waals surface area contributed by atoms with Crippen LogP contribution in [0.15, 0.2) is 122 Å². The van der Waals surface area contributed by atoms with Gasteiger partial charge >= 0.3 is 41.5 Å². The number of aryl methyl sites for hydroxylation is 4. The van der Waals surface area contributed by atoms with E-state index in [0.29, 0.717) is 65.6 Å². The third-order valence-corrected chi connectivity index (χ3v) is 20.2. The number of hydrogen-bond donors (Lipinski definition) is 5. The number of carboxylic acid groups (broad SMARTS) is 1. The van der Waals surface area contributed by atoms with Crippen LogP contribution in [0.1, 0.15) is 195 Å². The molecule has 2 aliphatic heterocycles. The summed E-state index contributed by atoms with van der Waals surface area (Å²) in [7, 11) is 1.26. The Bertz CT molecular complexity index is 4250. The van der Waals surface area contributed by atoms with Gasteiger partial charge in [-0.25, -0.2) is 9.59 Å². The zero-order chi connectivity index (χ0) is 64.8. The Morgan fingerprint density at radius 1 is 0.521 bits per heavy atom. The van der Waals surface area contributed by atoms with E-state index in [1.165, 1.54) is 79.7 Å². The molecular weight excluding hydrogens is 1220 g/mol. The van der Waals surface area contributed by atoms with Crippen LogP contribution in [-0.2, 0) is 54.9 Å². The molecule has 14 rings (SSSR count). The number of benzene rings is 4. The number of carbonyl (C=O) groups excluding carboxylic acids is 5. The number of fused-ring (bicyclic) bond motifs is 10. The number of aliphatic carboxylic acids is 1. The molecule has 0 bridgehead atoms. The minimum Gasteiger partial charge on any atom is -0.870 e. The molecule has 4 amide bonds. The van der Waals surface area contributed by atoms with Crippen LogP contribution in [0.4, 0.5) is 11.4 Å². The van der Waals surface area contributed by atoms with E-state index in [2.05, 4.69) is 52.3 Å². The first-order valence-electron chi connectivity index (χ1n) is 33.6. The molecule has 0 atom stereocenters. The number of nitrogens with one attached hydrogen (secondary N) is 4. The van der Waals surface area contributed by atoms with Crippen LogP contribution in [0.3, 0.4) is 0 Å². The molecule has 21 heteroatoms. The van der Waals surface area contributed by atoms with Crippen molar-refractivity contribution in [2.75, 3.05) is 17.7 Å². The fraction of sp³-hybridized carbons (Fsp3) is 0.387. The maximum Gasteiger partial charge on any atom is 1.00 e. The zero-order valence-corrected chi connectivity index (χ0v) is 56.7. The third kappa shape index (κ3) is 14.5. The molecule has 4 aromatic heterocycles. The summed E-state index contributed by atoms with van der Waals surface area (Å²) in [4.78, 5) is 106. The van der Waals surface area contributed by atoms with E-state index < -0.39 is 23.0 Å². The molecule has 0 radical (unpaired) electrons. The van der Waals surface area contributed by atoms with Gasteiger partial charge in [-0.05, 0) is 172 Å². The first kappa shape index (κ1) is 68.7. The number of anilines is 2. The van der Waals surface area contributed by atoms with Crippen molar-refractivity contribution in [2.24, 2.45) is 0 Å². The molecule has 6 heterocycles. The molecule has 6 aliphatic rings. The third-order valence-electron chi connectivity index (χ3n) is 20.2. The van der Waals surface area contributed by atoms with Crippen molar-refractivity contribution in [2.45, 2.75) is 177 Å². The predicted molar refractivity (Wildman–Crippen MR) is 362 cm³/mol. The van der Waals surface area contributed by atoms with Gasteiger partial charge in [-0.3, -0.25) is 44.0 Å². The van der Waals surface area contributed by atoms with E-state index in [4.69, 9.17) is 25.0 Å². The van der Waals surface area contributed by atoms with Crippen LogP contribution >= 0.6 is 0 Å². The summed E-state index contributed by atoms with van der Waals surface area (Å²) >= 11 is 0. The second-order valence-electron chi connectivity index (χ2n) is 26.1. The van der Waals surface area contributed by atoms with Crippen molar-refractivity contribution >= 4 is 80.9 Å². The first-order valence-corrected chi connectivity index (χ1v) is 33.6. The van der Waals surface area contributed by atoms with Gasteiger partial charge in [0.2, 0.25) is 11.8 Å². The van der Waals surface area contributed by atoms with Gasteiger partial charge in [0.1, 0.15) is 22.5 Å². The van der Waals surface area contributed by atoms with Gasteiger partial charge in [0.25, 0.3) is 11.8 Å². The average Bonchev–Trinajstić information content (AvgIpc) is 1.59. The summed E-state index contributed by atoms with van der Waals surface area (Å²) < 4.78 is 4.73. The molecule has 0 saturated heterocycles. The standard InChI is InChI=1S/C38H41N5O5.C37H39N5O4.Na.H2O/c1-47-48-32(44)18-13-25-11-15-28(16-12-25)41-37(46)38(19-5-6-20-38)42-36(45)27-14-17-29-31(24-27)43-23-7-10-30-34(40-22-21-39-30)35(43)33(29)26-8-3-2-4-9-26;43-31(44)17-12-24-10-14-27(15-11-24)40-36(46)37(18-4-5-19-37)41-35(45)26-13-16-28-30(23-26)42-22-6-9-29-33(39-21-20-38-29)34(42)32(28)25-7-2-1-3-8-25;;/h11-18,21-22,24,26H,2-10,19-20,23H2,1H3,(H,41,46)(H,42,45);10-17,20-21,23,25H,1-9,18-19,22H2,(H,40,46)(H,41,45)(H,43,44);;1H2/q;;+1;/p-1/b18-13-;17-12+;;. The van der Waals surface area contributed by atoms with Crippen LogP contribution in [0.2, 0.25) is 0 Å². The number of aromatic nitrogens is 6. The van der Waals surface area contributed by atoms with E-state index in [9.17, 15) is 28.8 Å². The van der Waals surface area contributed by atoms with E-state index in [1.54, 1.807) is 79.4 Å². The largest absolute Gasteiger partial charge is 1.00 e. The summed E-state index contributed by atoms with van der Waals surface area (Å²) in [6.07, 6.45) is 33.9. The first-order chi connectivity index (χ1) is 45.9. The Balaban J connectivity index is 0.000000191. The summed E-state index contributed by atoms with van der Waals surface area (Å²) in [6, 6.07) is 26.1. The van der Waals surface area contributed by atoms with Gasteiger partial charge in [0.05, 0.1) is 29.9 Å². The van der Waals surface area contributed by atoms with E-state index in [0.717, 1.165) is 147 Å². The number of amides is 4. The SMILES string of the molecule is COOC(=O)/C=C\c1ccc(NC(=O)C2(NC(=O)c3ccc4c(C5CCCCC5)c5n(c4c3)CCCc3nccnc3-5)CCCC2)cc1.O=C(O)/C=C/c1ccc(NC(=O)C2(NC(=O)c3ccc4c(C5CCCCC5)c5n(c4c3)CCCc3nccnc3-5)CCCC2)cc1.[Na+].[OH-]. The number of carboxylic acids is 1. The molecule has 6 N–H and O–H groups in total. The quantitative estimate of drug-likeness (QED) is 0.0276. The summed E-state index contributed by atoms with van der Waals surface area (Å²) in [5, 5.41) is 23.6. The number of hydrogen-bond acceptors (Lipinski definition) is 13. The molecule has 4 aliphatic carbocycles. The van der Waals surface area contributed by atoms with Crippen molar-refractivity contribution in [3.8, 4) is 22.8 Å². The Labute approximate surface area is 580 Å². The van der Waals surface area contributed by atoms with Crippen LogP contribution < -0.4 is 50.8 Å². The number of rotatable bonds is 15. The molecule has 4 fully saturated rings. The van der Waals surface area contributed by atoms with Gasteiger partial charge in [0, 0.05) is 94.3 Å². The Hall–Kier alpha value is -8.66. The Kier molecular flexibility index (Phi) is 21.9. The average molecular weight is 1310 g/mol. The maximum atomic E-state index is 14.0. The van der Waals surface area contributed by atoms with E-state index >= 15 is 0 Å². The van der Waals surface area contributed by atoms with Gasteiger partial charge in [-0.1, -0.05) is 101 Å². The van der Waals surface area contributed by atoms with Crippen LogP contribution in [-0.4, -0.2) is 93.4 Å². The Morgan fingerprint density at radius 2 is 0.927 bits per heavy atom. The van der Waals surface area contributed by atoms with E-state index in [1.807, 2.05) is 24.3 Å². The normalized spacial score (nSPS) is 17.2. The summed E-state index contributed by atoms with van der Waals surface area (Å²) in [6.45, 7) is 1.67. The Morgan fingerprint density at radius 3 is 1.33 bits per heavy atom. The van der Waals surface area contributed by atoms with Crippen LogP contribution in [0.5, 0.6) is 0 Å². The van der Waals surface area contributed by atoms with Crippen molar-refractivity contribution in [3.05, 3.63) is 167 Å². The second-order valence-corrected chi connectivity index (χ2v) is 26.1. The monoisotopic (exact) mass is 1300 g/mol. The van der Waals surface area contributed by atoms with E-state index in [-0.39, 0.29) is 58.7 Å². The smallest absolute Gasteiger partial charge is 0.870 e. The molecular formula is C75H81N10NaO10. The minimum absolute atomic E-state index is 0. The maximum absolute atomic E-state index is 14.0. The predicted octanol–water partition coefficient (Wildman–Crippen LogP) is 10.6. The molecule has 96 heavy (non-hydrogen) atoms. The van der Waals surface area contributed by atoms with Crippen molar-refractivity contribution in [1.82, 2.24) is 39.7 Å². The van der Waals surface area contributed by atoms with Crippen LogP contribution in [0.25, 0.3) is 56.7 Å². The van der Waals surface area contributed by atoms with Gasteiger partial charge in [-0.15, -0.1) is 0 Å². The zero-order valence-electron chi connectivity index (χ0n) is 54.7. The molecule has 8 aromatic rings. The molecule has 0 unspecified atom stereocenters. The fourth-order valence-electron chi connectivity index (χ4n) is 15.6. The van der Waals surface area contributed by atoms with Gasteiger partial charge in [0.15, 0.2) is 0 Å². The number of nitrogens with zero attached hydrogens (tertiary/aromatic N) is 6. The van der Waals surface area contributed by atoms with Crippen molar-refractivity contribution in [3.63, 3.8) is 0 Å². The number of carbonyl (C=O) groups is 6. The molecule has 20 nitrogen and oxygen atoms in total. The van der Waals surface area contributed by atoms with Crippen molar-refractivity contribution < 1.29 is 78.7 Å². The summed E-state index contributed by atoms with van der Waals surface area (Å²) in [5.74, 6) is -1.71. The minimum atomic E-state index is -1.02. The molecule has 4 aromatic carbocycles.